The van der Waals surface area contributed by atoms with Gasteiger partial charge in [0, 0.05) is 29.6 Å². The van der Waals surface area contributed by atoms with Gasteiger partial charge in [0.05, 0.1) is 7.11 Å². The minimum Gasteiger partial charge on any atom is -0.497 e. The molecule has 25 heavy (non-hydrogen) atoms. The molecular weight excluding hydrogens is 320 g/mol. The van der Waals surface area contributed by atoms with E-state index in [0.717, 1.165) is 12.8 Å². The SMILES string of the molecule is COc1cccc(NC(=O)c2cccc(NC(=O)C3CCCO3)c2)c1. The quantitative estimate of drug-likeness (QED) is 0.877. The van der Waals surface area contributed by atoms with Crippen LogP contribution in [-0.2, 0) is 9.53 Å². The minimum atomic E-state index is -0.408. The molecule has 1 unspecified atom stereocenters. The zero-order valence-corrected chi connectivity index (χ0v) is 14.0. The molecule has 2 aromatic carbocycles. The molecule has 1 aliphatic rings. The molecule has 0 bridgehead atoms. The Kier molecular flexibility index (Phi) is 5.30. The third-order valence-corrected chi connectivity index (χ3v) is 3.94. The van der Waals surface area contributed by atoms with Crippen molar-refractivity contribution in [2.24, 2.45) is 0 Å². The van der Waals surface area contributed by atoms with Crippen molar-refractivity contribution in [1.82, 2.24) is 0 Å². The van der Waals surface area contributed by atoms with Crippen molar-refractivity contribution in [1.29, 1.82) is 0 Å². The standard InChI is InChI=1S/C19H20N2O4/c1-24-16-8-3-7-15(12-16)20-18(22)13-5-2-6-14(11-13)21-19(23)17-9-4-10-25-17/h2-3,5-8,11-12,17H,4,9-10H2,1H3,(H,20,22)(H,21,23). The molecule has 0 aliphatic carbocycles. The van der Waals surface area contributed by atoms with Crippen LogP contribution in [0.15, 0.2) is 48.5 Å². The summed E-state index contributed by atoms with van der Waals surface area (Å²) >= 11 is 0. The fourth-order valence-corrected chi connectivity index (χ4v) is 2.65. The summed E-state index contributed by atoms with van der Waals surface area (Å²) in [6, 6.07) is 13.9. The van der Waals surface area contributed by atoms with Crippen molar-refractivity contribution >= 4 is 23.2 Å². The number of hydrogen-bond donors (Lipinski definition) is 2. The summed E-state index contributed by atoms with van der Waals surface area (Å²) in [6.45, 7) is 0.612. The summed E-state index contributed by atoms with van der Waals surface area (Å²) < 4.78 is 10.5. The molecule has 2 amide bonds. The fraction of sp³-hybridized carbons (Fsp3) is 0.263. The number of amides is 2. The van der Waals surface area contributed by atoms with E-state index < -0.39 is 6.10 Å². The Morgan fingerprint density at radius 1 is 1.08 bits per heavy atom. The van der Waals surface area contributed by atoms with E-state index >= 15 is 0 Å². The summed E-state index contributed by atoms with van der Waals surface area (Å²) in [5.41, 5.74) is 1.66. The Hall–Kier alpha value is -2.86. The van der Waals surface area contributed by atoms with Gasteiger partial charge >= 0.3 is 0 Å². The molecule has 0 spiro atoms. The van der Waals surface area contributed by atoms with Crippen molar-refractivity contribution < 1.29 is 19.1 Å². The summed E-state index contributed by atoms with van der Waals surface area (Å²) in [6.07, 6.45) is 1.21. The van der Waals surface area contributed by atoms with Crippen molar-refractivity contribution in [3.63, 3.8) is 0 Å². The molecule has 1 atom stereocenters. The van der Waals surface area contributed by atoms with Gasteiger partial charge in [-0.2, -0.15) is 0 Å². The lowest BCUT2D eigenvalue weighted by atomic mass is 10.1. The third-order valence-electron chi connectivity index (χ3n) is 3.94. The summed E-state index contributed by atoms with van der Waals surface area (Å²) in [7, 11) is 1.57. The largest absolute Gasteiger partial charge is 0.497 e. The molecule has 2 aromatic rings. The van der Waals surface area contributed by atoms with Crippen LogP contribution in [0.1, 0.15) is 23.2 Å². The molecule has 1 aliphatic heterocycles. The molecule has 2 N–H and O–H groups in total. The van der Waals surface area contributed by atoms with E-state index in [1.807, 2.05) is 0 Å². The van der Waals surface area contributed by atoms with Crippen LogP contribution in [0.3, 0.4) is 0 Å². The predicted molar refractivity (Wildman–Crippen MR) is 95.0 cm³/mol. The lowest BCUT2D eigenvalue weighted by Crippen LogP contribution is -2.27. The van der Waals surface area contributed by atoms with E-state index in [0.29, 0.717) is 29.3 Å². The Morgan fingerprint density at radius 2 is 1.84 bits per heavy atom. The highest BCUT2D eigenvalue weighted by molar-refractivity contribution is 6.05. The molecule has 130 valence electrons. The van der Waals surface area contributed by atoms with E-state index in [1.165, 1.54) is 0 Å². The Balaban J connectivity index is 1.67. The van der Waals surface area contributed by atoms with E-state index in [4.69, 9.17) is 9.47 Å². The fourth-order valence-electron chi connectivity index (χ4n) is 2.65. The first-order valence-electron chi connectivity index (χ1n) is 8.13. The highest BCUT2D eigenvalue weighted by Gasteiger charge is 2.23. The van der Waals surface area contributed by atoms with Crippen LogP contribution in [0.5, 0.6) is 5.75 Å². The van der Waals surface area contributed by atoms with Crippen LogP contribution in [0, 0.1) is 0 Å². The first-order valence-corrected chi connectivity index (χ1v) is 8.13. The topological polar surface area (TPSA) is 76.7 Å². The van der Waals surface area contributed by atoms with Crippen LogP contribution in [0.4, 0.5) is 11.4 Å². The number of hydrogen-bond acceptors (Lipinski definition) is 4. The van der Waals surface area contributed by atoms with E-state index in [-0.39, 0.29) is 11.8 Å². The third kappa shape index (κ3) is 4.36. The number of benzene rings is 2. The van der Waals surface area contributed by atoms with E-state index in [1.54, 1.807) is 55.6 Å². The zero-order valence-electron chi connectivity index (χ0n) is 14.0. The summed E-state index contributed by atoms with van der Waals surface area (Å²) in [5, 5.41) is 5.61. The highest BCUT2D eigenvalue weighted by Crippen LogP contribution is 2.19. The Bertz CT molecular complexity index is 770. The van der Waals surface area contributed by atoms with Crippen LogP contribution < -0.4 is 15.4 Å². The van der Waals surface area contributed by atoms with E-state index in [2.05, 4.69) is 10.6 Å². The summed E-state index contributed by atoms with van der Waals surface area (Å²) in [5.74, 6) is 0.222. The monoisotopic (exact) mass is 340 g/mol. The average molecular weight is 340 g/mol. The Labute approximate surface area is 146 Å². The van der Waals surface area contributed by atoms with Crippen LogP contribution in [-0.4, -0.2) is 31.6 Å². The van der Waals surface area contributed by atoms with Gasteiger partial charge in [-0.15, -0.1) is 0 Å². The smallest absolute Gasteiger partial charge is 0.255 e. The van der Waals surface area contributed by atoms with Gasteiger partial charge in [-0.1, -0.05) is 12.1 Å². The molecular formula is C19H20N2O4. The summed E-state index contributed by atoms with van der Waals surface area (Å²) in [4.78, 5) is 24.5. The van der Waals surface area contributed by atoms with Gasteiger partial charge in [-0.05, 0) is 43.2 Å². The van der Waals surface area contributed by atoms with Crippen LogP contribution in [0.2, 0.25) is 0 Å². The second-order valence-corrected chi connectivity index (χ2v) is 5.76. The minimum absolute atomic E-state index is 0.178. The Morgan fingerprint density at radius 3 is 2.56 bits per heavy atom. The molecule has 0 saturated carbocycles. The van der Waals surface area contributed by atoms with Crippen molar-refractivity contribution in [3.05, 3.63) is 54.1 Å². The number of carbonyl (C=O) groups excluding carboxylic acids is 2. The van der Waals surface area contributed by atoms with Gasteiger partial charge in [0.1, 0.15) is 11.9 Å². The van der Waals surface area contributed by atoms with Crippen LogP contribution >= 0.6 is 0 Å². The number of nitrogens with one attached hydrogen (secondary N) is 2. The maximum absolute atomic E-state index is 12.4. The first-order chi connectivity index (χ1) is 12.2. The number of rotatable bonds is 5. The maximum atomic E-state index is 12.4. The lowest BCUT2D eigenvalue weighted by Gasteiger charge is -2.12. The number of anilines is 2. The van der Waals surface area contributed by atoms with Gasteiger partial charge in [-0.3, -0.25) is 9.59 Å². The molecule has 6 heteroatoms. The van der Waals surface area contributed by atoms with Crippen molar-refractivity contribution in [2.45, 2.75) is 18.9 Å². The van der Waals surface area contributed by atoms with Gasteiger partial charge in [0.15, 0.2) is 0 Å². The molecule has 0 aromatic heterocycles. The van der Waals surface area contributed by atoms with Gasteiger partial charge in [0.2, 0.25) is 0 Å². The second kappa shape index (κ2) is 7.81. The maximum Gasteiger partial charge on any atom is 0.255 e. The highest BCUT2D eigenvalue weighted by atomic mass is 16.5. The predicted octanol–water partition coefficient (Wildman–Crippen LogP) is 3.07. The molecule has 1 heterocycles. The number of ether oxygens (including phenoxy) is 2. The van der Waals surface area contributed by atoms with Gasteiger partial charge in [0.25, 0.3) is 11.8 Å². The zero-order chi connectivity index (χ0) is 17.6. The number of methoxy groups -OCH3 is 1. The molecule has 1 fully saturated rings. The molecule has 3 rings (SSSR count). The van der Waals surface area contributed by atoms with Crippen molar-refractivity contribution in [2.75, 3.05) is 24.4 Å². The molecule has 1 saturated heterocycles. The average Bonchev–Trinajstić information content (AvgIpc) is 3.17. The number of carbonyl (C=O) groups is 2. The van der Waals surface area contributed by atoms with Crippen molar-refractivity contribution in [3.8, 4) is 5.75 Å². The first kappa shape index (κ1) is 17.0. The van der Waals surface area contributed by atoms with Gasteiger partial charge in [-0.25, -0.2) is 0 Å². The van der Waals surface area contributed by atoms with Crippen LogP contribution in [0.25, 0.3) is 0 Å². The molecule has 0 radical (unpaired) electrons. The van der Waals surface area contributed by atoms with Gasteiger partial charge < -0.3 is 20.1 Å². The molecule has 6 nitrogen and oxygen atoms in total. The lowest BCUT2D eigenvalue weighted by molar-refractivity contribution is -0.124. The normalized spacial score (nSPS) is 16.3. The second-order valence-electron chi connectivity index (χ2n) is 5.76. The van der Waals surface area contributed by atoms with E-state index in [9.17, 15) is 9.59 Å².